The molecule has 0 aliphatic heterocycles. The molecule has 29 heavy (non-hydrogen) atoms. The molecule has 0 saturated carbocycles. The summed E-state index contributed by atoms with van der Waals surface area (Å²) >= 11 is 0. The fourth-order valence-corrected chi connectivity index (χ4v) is 3.10. The highest BCUT2D eigenvalue weighted by Gasteiger charge is 2.17. The minimum Gasteiger partial charge on any atom is -0.497 e. The van der Waals surface area contributed by atoms with Gasteiger partial charge >= 0.3 is 5.97 Å². The minimum atomic E-state index is -0.507. The molecule has 4 aromatic rings. The van der Waals surface area contributed by atoms with E-state index in [9.17, 15) is 9.59 Å². The van der Waals surface area contributed by atoms with Gasteiger partial charge in [0, 0.05) is 40.6 Å². The number of carbonyl (C=O) groups excluding carboxylic acids is 1. The summed E-state index contributed by atoms with van der Waals surface area (Å²) in [5.74, 6) is 0.172. The first-order chi connectivity index (χ1) is 14.2. The molecular weight excluding hydrogens is 368 g/mol. The molecule has 0 amide bonds. The van der Waals surface area contributed by atoms with Gasteiger partial charge in [-0.3, -0.25) is 14.3 Å². The van der Waals surface area contributed by atoms with E-state index in [4.69, 9.17) is 9.47 Å². The van der Waals surface area contributed by atoms with Crippen molar-refractivity contribution in [2.75, 3.05) is 7.11 Å². The molecule has 144 valence electrons. The number of ether oxygens (including phenoxy) is 2. The lowest BCUT2D eigenvalue weighted by Crippen LogP contribution is -2.21. The molecule has 0 N–H and O–H groups in total. The number of aromatic nitrogens is 2. The Morgan fingerprint density at radius 2 is 1.76 bits per heavy atom. The van der Waals surface area contributed by atoms with Crippen LogP contribution in [0.25, 0.3) is 16.5 Å². The summed E-state index contributed by atoms with van der Waals surface area (Å²) in [5.41, 5.74) is 1.52. The molecule has 2 aromatic carbocycles. The average Bonchev–Trinajstić information content (AvgIpc) is 2.79. The van der Waals surface area contributed by atoms with Crippen molar-refractivity contribution in [3.05, 3.63) is 101 Å². The fraction of sp³-hybridized carbons (Fsp3) is 0.0870. The van der Waals surface area contributed by atoms with Gasteiger partial charge in [-0.1, -0.05) is 24.3 Å². The lowest BCUT2D eigenvalue weighted by atomic mass is 10.1. The average molecular weight is 386 g/mol. The number of rotatable bonds is 5. The van der Waals surface area contributed by atoms with Crippen molar-refractivity contribution in [2.24, 2.45) is 0 Å². The molecule has 0 radical (unpaired) electrons. The minimum absolute atomic E-state index is 0.0999. The summed E-state index contributed by atoms with van der Waals surface area (Å²) in [5, 5.41) is 0.998. The highest BCUT2D eigenvalue weighted by molar-refractivity contribution is 6.04. The molecule has 0 atom stereocenters. The number of benzene rings is 2. The third-order valence-electron chi connectivity index (χ3n) is 4.59. The van der Waals surface area contributed by atoms with Crippen LogP contribution < -0.4 is 10.3 Å². The Balaban J connectivity index is 1.77. The molecule has 2 heterocycles. The van der Waals surface area contributed by atoms with Gasteiger partial charge in [-0.2, -0.15) is 0 Å². The van der Waals surface area contributed by atoms with Crippen molar-refractivity contribution in [1.29, 1.82) is 0 Å². The zero-order valence-electron chi connectivity index (χ0n) is 15.7. The highest BCUT2D eigenvalue weighted by atomic mass is 16.5. The number of fused-ring (bicyclic) bond motifs is 1. The quantitative estimate of drug-likeness (QED) is 0.489. The van der Waals surface area contributed by atoms with E-state index in [0.717, 1.165) is 5.56 Å². The molecule has 0 saturated heterocycles. The SMILES string of the molecule is COc1ccc(-n2cc(C(=O)OCc3cccnc3)c3ccccc3c2=O)cc1. The molecule has 6 nitrogen and oxygen atoms in total. The first-order valence-corrected chi connectivity index (χ1v) is 9.02. The predicted octanol–water partition coefficient (Wildman–Crippen LogP) is 3.75. The van der Waals surface area contributed by atoms with Crippen LogP contribution in [0.4, 0.5) is 0 Å². The summed E-state index contributed by atoms with van der Waals surface area (Å²) in [6, 6.07) is 17.7. The lowest BCUT2D eigenvalue weighted by molar-refractivity contribution is 0.0474. The Bertz CT molecular complexity index is 1220. The maximum absolute atomic E-state index is 13.0. The van der Waals surface area contributed by atoms with E-state index in [-0.39, 0.29) is 12.2 Å². The number of nitrogens with zero attached hydrogens (tertiary/aromatic N) is 2. The van der Waals surface area contributed by atoms with E-state index in [0.29, 0.717) is 27.8 Å². The van der Waals surface area contributed by atoms with Gasteiger partial charge < -0.3 is 9.47 Å². The Kier molecular flexibility index (Phi) is 5.07. The first kappa shape index (κ1) is 18.4. The molecule has 0 unspecified atom stereocenters. The van der Waals surface area contributed by atoms with E-state index in [1.165, 1.54) is 10.8 Å². The Morgan fingerprint density at radius 3 is 2.45 bits per heavy atom. The van der Waals surface area contributed by atoms with Crippen molar-refractivity contribution in [3.63, 3.8) is 0 Å². The third-order valence-corrected chi connectivity index (χ3v) is 4.59. The van der Waals surface area contributed by atoms with Crippen molar-refractivity contribution >= 4 is 16.7 Å². The molecule has 0 aliphatic rings. The van der Waals surface area contributed by atoms with E-state index in [2.05, 4.69) is 4.98 Å². The van der Waals surface area contributed by atoms with Crippen molar-refractivity contribution in [3.8, 4) is 11.4 Å². The maximum atomic E-state index is 13.0. The normalized spacial score (nSPS) is 10.7. The molecule has 4 rings (SSSR count). The lowest BCUT2D eigenvalue weighted by Gasteiger charge is -2.13. The second-order valence-corrected chi connectivity index (χ2v) is 6.40. The highest BCUT2D eigenvalue weighted by Crippen LogP contribution is 2.20. The van der Waals surface area contributed by atoms with Gasteiger partial charge in [0.2, 0.25) is 0 Å². The van der Waals surface area contributed by atoms with E-state index >= 15 is 0 Å². The maximum Gasteiger partial charge on any atom is 0.340 e. The summed E-state index contributed by atoms with van der Waals surface area (Å²) in [7, 11) is 1.58. The standard InChI is InChI=1S/C23H18N2O4/c1-28-18-10-8-17(9-11-18)25-14-21(19-6-2-3-7-20(19)22(25)26)23(27)29-15-16-5-4-12-24-13-16/h2-14H,15H2,1H3. The van der Waals surface area contributed by atoms with Gasteiger partial charge in [0.1, 0.15) is 12.4 Å². The van der Waals surface area contributed by atoms with E-state index in [1.807, 2.05) is 6.07 Å². The molecule has 0 bridgehead atoms. The van der Waals surface area contributed by atoms with Crippen molar-refractivity contribution in [1.82, 2.24) is 9.55 Å². The van der Waals surface area contributed by atoms with Crippen LogP contribution in [0.1, 0.15) is 15.9 Å². The number of pyridine rings is 2. The number of hydrogen-bond donors (Lipinski definition) is 0. The van der Waals surface area contributed by atoms with Crippen LogP contribution >= 0.6 is 0 Å². The van der Waals surface area contributed by atoms with Gasteiger partial charge in [-0.15, -0.1) is 0 Å². The van der Waals surface area contributed by atoms with Gasteiger partial charge in [-0.25, -0.2) is 4.79 Å². The van der Waals surface area contributed by atoms with Crippen LogP contribution in [-0.2, 0) is 11.3 Å². The monoisotopic (exact) mass is 386 g/mol. The van der Waals surface area contributed by atoms with Crippen LogP contribution in [0.5, 0.6) is 5.75 Å². The van der Waals surface area contributed by atoms with Crippen LogP contribution in [0, 0.1) is 0 Å². The van der Waals surface area contributed by atoms with Crippen LogP contribution in [0.3, 0.4) is 0 Å². The topological polar surface area (TPSA) is 70.4 Å². The Labute approximate surface area is 167 Å². The van der Waals surface area contributed by atoms with Crippen molar-refractivity contribution < 1.29 is 14.3 Å². The Hall–Kier alpha value is -3.93. The summed E-state index contributed by atoms with van der Waals surface area (Å²) in [4.78, 5) is 29.9. The molecular formula is C23H18N2O4. The fourth-order valence-electron chi connectivity index (χ4n) is 3.10. The Morgan fingerprint density at radius 1 is 1.00 bits per heavy atom. The molecule has 0 spiro atoms. The van der Waals surface area contributed by atoms with Crippen LogP contribution in [-0.4, -0.2) is 22.6 Å². The molecule has 2 aromatic heterocycles. The zero-order chi connectivity index (χ0) is 20.2. The first-order valence-electron chi connectivity index (χ1n) is 9.02. The summed E-state index contributed by atoms with van der Waals surface area (Å²) in [6.07, 6.45) is 4.82. The number of methoxy groups -OCH3 is 1. The summed E-state index contributed by atoms with van der Waals surface area (Å²) < 4.78 is 12.1. The number of esters is 1. The van der Waals surface area contributed by atoms with Gasteiger partial charge in [-0.05, 0) is 36.4 Å². The molecule has 0 aliphatic carbocycles. The van der Waals surface area contributed by atoms with Crippen LogP contribution in [0.2, 0.25) is 0 Å². The van der Waals surface area contributed by atoms with Crippen molar-refractivity contribution in [2.45, 2.75) is 6.61 Å². The molecule has 6 heteroatoms. The van der Waals surface area contributed by atoms with Gasteiger partial charge in [0.05, 0.1) is 12.7 Å². The largest absolute Gasteiger partial charge is 0.497 e. The number of hydrogen-bond acceptors (Lipinski definition) is 5. The molecule has 0 fully saturated rings. The van der Waals surface area contributed by atoms with E-state index < -0.39 is 5.97 Å². The van der Waals surface area contributed by atoms with Gasteiger partial charge in [0.15, 0.2) is 0 Å². The van der Waals surface area contributed by atoms with Gasteiger partial charge in [0.25, 0.3) is 5.56 Å². The van der Waals surface area contributed by atoms with E-state index in [1.54, 1.807) is 74.1 Å². The zero-order valence-corrected chi connectivity index (χ0v) is 15.7. The van der Waals surface area contributed by atoms with Crippen LogP contribution in [0.15, 0.2) is 84.0 Å². The second kappa shape index (κ2) is 7.98. The third kappa shape index (κ3) is 3.73. The smallest absolute Gasteiger partial charge is 0.340 e. The number of carbonyl (C=O) groups is 1. The summed E-state index contributed by atoms with van der Waals surface area (Å²) in [6.45, 7) is 0.0999. The predicted molar refractivity (Wildman–Crippen MR) is 109 cm³/mol. The second-order valence-electron chi connectivity index (χ2n) is 6.40.